The summed E-state index contributed by atoms with van der Waals surface area (Å²) in [7, 11) is 1.91. The predicted molar refractivity (Wildman–Crippen MR) is 64.8 cm³/mol. The molecule has 3 heteroatoms. The summed E-state index contributed by atoms with van der Waals surface area (Å²) >= 11 is 5.93. The number of hydrogen-bond donors (Lipinski definition) is 1. The fourth-order valence-electron chi connectivity index (χ4n) is 1.44. The Bertz CT molecular complexity index is 336. The molecule has 0 aromatic heterocycles. The van der Waals surface area contributed by atoms with Crippen molar-refractivity contribution in [2.75, 3.05) is 13.6 Å². The molecule has 1 N–H and O–H groups in total. The van der Waals surface area contributed by atoms with Gasteiger partial charge in [0.15, 0.2) is 0 Å². The van der Waals surface area contributed by atoms with Gasteiger partial charge >= 0.3 is 0 Å². The third-order valence-electron chi connectivity index (χ3n) is 2.14. The summed E-state index contributed by atoms with van der Waals surface area (Å²) in [4.78, 5) is 0. The zero-order valence-corrected chi connectivity index (χ0v) is 10.5. The SMILES string of the molecule is CNCC(C)(C)Oc1cc(Cl)ccc1C. The maximum Gasteiger partial charge on any atom is 0.124 e. The summed E-state index contributed by atoms with van der Waals surface area (Å²) in [5.74, 6) is 0.850. The molecule has 0 bridgehead atoms. The molecule has 15 heavy (non-hydrogen) atoms. The third-order valence-corrected chi connectivity index (χ3v) is 2.37. The molecule has 2 nitrogen and oxygen atoms in total. The van der Waals surface area contributed by atoms with Crippen molar-refractivity contribution in [1.29, 1.82) is 0 Å². The fraction of sp³-hybridized carbons (Fsp3) is 0.500. The molecular formula is C12H18ClNO. The summed E-state index contributed by atoms with van der Waals surface area (Å²) in [6.45, 7) is 6.90. The zero-order chi connectivity index (χ0) is 11.5. The largest absolute Gasteiger partial charge is 0.486 e. The highest BCUT2D eigenvalue weighted by Gasteiger charge is 2.19. The van der Waals surface area contributed by atoms with Gasteiger partial charge < -0.3 is 10.1 Å². The van der Waals surface area contributed by atoms with Crippen LogP contribution in [0.25, 0.3) is 0 Å². The topological polar surface area (TPSA) is 21.3 Å². The Labute approximate surface area is 96.6 Å². The lowest BCUT2D eigenvalue weighted by Crippen LogP contribution is -2.39. The van der Waals surface area contributed by atoms with Crippen molar-refractivity contribution < 1.29 is 4.74 Å². The molecule has 0 radical (unpaired) electrons. The molecular weight excluding hydrogens is 210 g/mol. The van der Waals surface area contributed by atoms with E-state index in [1.807, 2.05) is 46.0 Å². The number of hydrogen-bond acceptors (Lipinski definition) is 2. The van der Waals surface area contributed by atoms with Gasteiger partial charge in [0.05, 0.1) is 0 Å². The molecule has 0 fully saturated rings. The van der Waals surface area contributed by atoms with Crippen molar-refractivity contribution in [3.8, 4) is 5.75 Å². The Morgan fingerprint density at radius 1 is 1.40 bits per heavy atom. The smallest absolute Gasteiger partial charge is 0.124 e. The predicted octanol–water partition coefficient (Wildman–Crippen LogP) is 3.03. The van der Waals surface area contributed by atoms with Crippen LogP contribution in [0.5, 0.6) is 5.75 Å². The molecule has 1 aromatic carbocycles. The van der Waals surface area contributed by atoms with Crippen molar-refractivity contribution in [2.24, 2.45) is 0 Å². The van der Waals surface area contributed by atoms with E-state index in [0.717, 1.165) is 17.9 Å². The molecule has 0 saturated heterocycles. The Morgan fingerprint density at radius 3 is 2.67 bits per heavy atom. The number of halogens is 1. The average molecular weight is 228 g/mol. The van der Waals surface area contributed by atoms with Gasteiger partial charge in [-0.15, -0.1) is 0 Å². The second-order valence-electron chi connectivity index (χ2n) is 4.30. The van der Waals surface area contributed by atoms with Crippen molar-refractivity contribution in [3.05, 3.63) is 28.8 Å². The Hall–Kier alpha value is -0.730. The first kappa shape index (κ1) is 12.3. The molecule has 0 saturated carbocycles. The number of ether oxygens (including phenoxy) is 1. The quantitative estimate of drug-likeness (QED) is 0.854. The molecule has 1 aromatic rings. The van der Waals surface area contributed by atoms with Gasteiger partial charge in [-0.2, -0.15) is 0 Å². The highest BCUT2D eigenvalue weighted by molar-refractivity contribution is 6.30. The van der Waals surface area contributed by atoms with E-state index >= 15 is 0 Å². The van der Waals surface area contributed by atoms with Gasteiger partial charge in [0.2, 0.25) is 0 Å². The monoisotopic (exact) mass is 227 g/mol. The van der Waals surface area contributed by atoms with Crippen LogP contribution in [-0.4, -0.2) is 19.2 Å². The molecule has 0 aliphatic heterocycles. The lowest BCUT2D eigenvalue weighted by atomic mass is 10.1. The van der Waals surface area contributed by atoms with Gasteiger partial charge in [-0.05, 0) is 45.5 Å². The third kappa shape index (κ3) is 3.73. The van der Waals surface area contributed by atoms with E-state index in [4.69, 9.17) is 16.3 Å². The average Bonchev–Trinajstić information content (AvgIpc) is 2.10. The van der Waals surface area contributed by atoms with Crippen molar-refractivity contribution in [2.45, 2.75) is 26.4 Å². The van der Waals surface area contributed by atoms with Crippen LogP contribution < -0.4 is 10.1 Å². The van der Waals surface area contributed by atoms with E-state index in [0.29, 0.717) is 5.02 Å². The summed E-state index contributed by atoms with van der Waals surface area (Å²) in [5, 5.41) is 3.81. The lowest BCUT2D eigenvalue weighted by molar-refractivity contribution is 0.109. The Kier molecular flexibility index (Phi) is 4.00. The van der Waals surface area contributed by atoms with Gasteiger partial charge in [-0.3, -0.25) is 0 Å². The van der Waals surface area contributed by atoms with Crippen LogP contribution in [0.2, 0.25) is 5.02 Å². The van der Waals surface area contributed by atoms with Crippen LogP contribution in [0.4, 0.5) is 0 Å². The molecule has 0 amide bonds. The molecule has 0 aliphatic rings. The molecule has 1 rings (SSSR count). The first-order valence-electron chi connectivity index (χ1n) is 5.04. The lowest BCUT2D eigenvalue weighted by Gasteiger charge is -2.27. The van der Waals surface area contributed by atoms with Gasteiger partial charge in [0.1, 0.15) is 11.4 Å². The number of likely N-dealkylation sites (N-methyl/N-ethyl adjacent to an activating group) is 1. The highest BCUT2D eigenvalue weighted by atomic mass is 35.5. The summed E-state index contributed by atoms with van der Waals surface area (Å²) < 4.78 is 5.91. The van der Waals surface area contributed by atoms with E-state index in [1.54, 1.807) is 0 Å². The molecule has 0 unspecified atom stereocenters. The number of benzene rings is 1. The first-order chi connectivity index (χ1) is 6.94. The van der Waals surface area contributed by atoms with E-state index in [2.05, 4.69) is 5.32 Å². The minimum absolute atomic E-state index is 0.232. The van der Waals surface area contributed by atoms with Crippen LogP contribution in [0.1, 0.15) is 19.4 Å². The fourth-order valence-corrected chi connectivity index (χ4v) is 1.61. The minimum Gasteiger partial charge on any atom is -0.486 e. The Morgan fingerprint density at radius 2 is 2.07 bits per heavy atom. The van der Waals surface area contributed by atoms with Crippen LogP contribution >= 0.6 is 11.6 Å². The standard InChI is InChI=1S/C12H18ClNO/c1-9-5-6-10(13)7-11(9)15-12(2,3)8-14-4/h5-7,14H,8H2,1-4H3. The van der Waals surface area contributed by atoms with Gasteiger partial charge in [0, 0.05) is 11.6 Å². The molecule has 0 heterocycles. The normalized spacial score (nSPS) is 11.5. The second kappa shape index (κ2) is 4.86. The van der Waals surface area contributed by atoms with Crippen molar-refractivity contribution in [3.63, 3.8) is 0 Å². The second-order valence-corrected chi connectivity index (χ2v) is 4.74. The van der Waals surface area contributed by atoms with E-state index in [1.165, 1.54) is 0 Å². The summed E-state index contributed by atoms with van der Waals surface area (Å²) in [6, 6.07) is 5.69. The molecule has 84 valence electrons. The maximum atomic E-state index is 5.93. The highest BCUT2D eigenvalue weighted by Crippen LogP contribution is 2.26. The van der Waals surface area contributed by atoms with Crippen LogP contribution in [0, 0.1) is 6.92 Å². The van der Waals surface area contributed by atoms with Crippen LogP contribution in [-0.2, 0) is 0 Å². The number of aryl methyl sites for hydroxylation is 1. The first-order valence-corrected chi connectivity index (χ1v) is 5.42. The van der Waals surface area contributed by atoms with Crippen molar-refractivity contribution in [1.82, 2.24) is 5.32 Å². The molecule has 0 spiro atoms. The van der Waals surface area contributed by atoms with Gasteiger partial charge in [0.25, 0.3) is 0 Å². The van der Waals surface area contributed by atoms with E-state index in [9.17, 15) is 0 Å². The molecule has 0 aliphatic carbocycles. The van der Waals surface area contributed by atoms with Crippen LogP contribution in [0.15, 0.2) is 18.2 Å². The van der Waals surface area contributed by atoms with Crippen LogP contribution in [0.3, 0.4) is 0 Å². The minimum atomic E-state index is -0.232. The summed E-state index contributed by atoms with van der Waals surface area (Å²) in [5.41, 5.74) is 0.869. The van der Waals surface area contributed by atoms with Gasteiger partial charge in [-0.25, -0.2) is 0 Å². The maximum absolute atomic E-state index is 5.93. The Balaban J connectivity index is 2.83. The zero-order valence-electron chi connectivity index (χ0n) is 9.73. The van der Waals surface area contributed by atoms with E-state index < -0.39 is 0 Å². The number of nitrogens with one attached hydrogen (secondary N) is 1. The number of rotatable bonds is 4. The molecule has 0 atom stereocenters. The summed E-state index contributed by atoms with van der Waals surface area (Å²) in [6.07, 6.45) is 0. The van der Waals surface area contributed by atoms with Gasteiger partial charge in [-0.1, -0.05) is 17.7 Å². The van der Waals surface area contributed by atoms with Crippen molar-refractivity contribution >= 4 is 11.6 Å². The van der Waals surface area contributed by atoms with E-state index in [-0.39, 0.29) is 5.60 Å².